The van der Waals surface area contributed by atoms with Gasteiger partial charge in [-0.25, -0.2) is 15.0 Å². The number of fused-ring (bicyclic) bond motifs is 14. The van der Waals surface area contributed by atoms with Crippen molar-refractivity contribution in [1.82, 2.24) is 33.2 Å². The monoisotopic (exact) mass is 983 g/mol. The maximum Gasteiger partial charge on any atom is 0.164 e. The molecule has 77 heavy (non-hydrogen) atoms. The van der Waals surface area contributed by atoms with E-state index in [0.717, 1.165) is 77.8 Å². The quantitative estimate of drug-likeness (QED) is 0.160. The van der Waals surface area contributed by atoms with Gasteiger partial charge >= 0.3 is 0 Å². The topological polar surface area (TPSA) is 58.4 Å². The average Bonchev–Trinajstić information content (AvgIpc) is 4.37. The highest BCUT2D eigenvalue weighted by molar-refractivity contribution is 6.29. The lowest BCUT2D eigenvalue weighted by molar-refractivity contribution is 1.08. The van der Waals surface area contributed by atoms with E-state index in [-0.39, 0.29) is 0 Å². The zero-order chi connectivity index (χ0) is 50.7. The fourth-order valence-corrected chi connectivity index (χ4v) is 12.5. The molecule has 0 atom stereocenters. The van der Waals surface area contributed by atoms with Gasteiger partial charge in [0.15, 0.2) is 17.5 Å². The molecule has 0 amide bonds. The second-order valence-corrected chi connectivity index (χ2v) is 20.0. The number of aromatic nitrogens is 7. The van der Waals surface area contributed by atoms with Gasteiger partial charge < -0.3 is 18.3 Å². The summed E-state index contributed by atoms with van der Waals surface area (Å²) in [4.78, 5) is 15.6. The number of hydrogen-bond donors (Lipinski definition) is 0. The van der Waals surface area contributed by atoms with Crippen LogP contribution in [0.5, 0.6) is 0 Å². The molecule has 0 aliphatic rings. The highest BCUT2D eigenvalue weighted by Gasteiger charge is 2.27. The normalized spacial score (nSPS) is 12.0. The second-order valence-electron chi connectivity index (χ2n) is 20.0. The number of nitrogens with zero attached hydrogens (tertiary/aromatic N) is 7. The summed E-state index contributed by atoms with van der Waals surface area (Å²) in [5.74, 6) is 1.88. The molecule has 7 heteroatoms. The molecule has 0 unspecified atom stereocenters. The molecule has 5 aromatic heterocycles. The minimum Gasteiger partial charge on any atom is -0.309 e. The third-order valence-corrected chi connectivity index (χ3v) is 15.7. The van der Waals surface area contributed by atoms with E-state index in [2.05, 4.69) is 244 Å². The zero-order valence-corrected chi connectivity index (χ0v) is 41.9. The van der Waals surface area contributed by atoms with E-state index in [1.807, 2.05) is 36.4 Å². The summed E-state index contributed by atoms with van der Waals surface area (Å²) in [7, 11) is 0. The molecule has 11 aromatic carbocycles. The Morgan fingerprint density at radius 3 is 1.30 bits per heavy atom. The highest BCUT2D eigenvalue weighted by atomic mass is 15.1. The third kappa shape index (κ3) is 6.41. The van der Waals surface area contributed by atoms with Crippen molar-refractivity contribution in [1.29, 1.82) is 0 Å². The maximum atomic E-state index is 5.28. The van der Waals surface area contributed by atoms with Crippen molar-refractivity contribution < 1.29 is 0 Å². The Morgan fingerprint density at radius 2 is 0.701 bits per heavy atom. The van der Waals surface area contributed by atoms with Crippen molar-refractivity contribution >= 4 is 87.2 Å². The minimum absolute atomic E-state index is 0.623. The lowest BCUT2D eigenvalue weighted by Gasteiger charge is -2.11. The van der Waals surface area contributed by atoms with Gasteiger partial charge in [0.05, 0.1) is 44.1 Å². The molecule has 0 fully saturated rings. The standard InChI is InChI=1S/C70H45N7/c1-44-42-61-65(52-33-18-19-35-56(52)74(61)47-26-11-4-12-27-47)67-62(44)55-43-50(38-40-58(55)76(67)48-28-13-5-14-29-48)75-57-36-20-17-32-51(57)64-60(75)41-39-53-63-54(34-21-37-59(63)77(66(53)64)49-30-15-6-16-31-49)70-72-68(45-22-7-2-8-23-45)71-69(73-70)46-24-9-3-10-25-46/h2-43H,1H3. The summed E-state index contributed by atoms with van der Waals surface area (Å²) < 4.78 is 9.85. The van der Waals surface area contributed by atoms with E-state index in [9.17, 15) is 0 Å². The van der Waals surface area contributed by atoms with Crippen LogP contribution in [0, 0.1) is 6.92 Å². The van der Waals surface area contributed by atoms with E-state index in [4.69, 9.17) is 15.0 Å². The van der Waals surface area contributed by atoms with Crippen molar-refractivity contribution in [2.75, 3.05) is 0 Å². The van der Waals surface area contributed by atoms with Gasteiger partial charge in [-0.05, 0) is 97.4 Å². The lowest BCUT2D eigenvalue weighted by atomic mass is 10.0. The van der Waals surface area contributed by atoms with Crippen LogP contribution < -0.4 is 0 Å². The predicted molar refractivity (Wildman–Crippen MR) is 318 cm³/mol. The summed E-state index contributed by atoms with van der Waals surface area (Å²) in [5, 5.41) is 9.47. The molecule has 0 aliphatic heterocycles. The number of hydrogen-bond acceptors (Lipinski definition) is 3. The minimum atomic E-state index is 0.623. The van der Waals surface area contributed by atoms with Crippen LogP contribution in [0.4, 0.5) is 0 Å². The first-order valence-electron chi connectivity index (χ1n) is 26.2. The van der Waals surface area contributed by atoms with Crippen molar-refractivity contribution in [3.63, 3.8) is 0 Å². The van der Waals surface area contributed by atoms with Gasteiger partial charge in [-0.1, -0.05) is 170 Å². The van der Waals surface area contributed by atoms with Crippen LogP contribution in [-0.4, -0.2) is 33.2 Å². The Kier molecular flexibility index (Phi) is 9.41. The molecule has 0 saturated heterocycles. The van der Waals surface area contributed by atoms with Gasteiger partial charge in [0, 0.05) is 82.5 Å². The number of benzene rings is 11. The lowest BCUT2D eigenvalue weighted by Crippen LogP contribution is -2.00. The molecule has 360 valence electrons. The molecule has 0 radical (unpaired) electrons. The summed E-state index contributed by atoms with van der Waals surface area (Å²) in [6, 6.07) is 91.2. The molecule has 5 heterocycles. The van der Waals surface area contributed by atoms with Crippen LogP contribution in [0.2, 0.25) is 0 Å². The molecule has 16 aromatic rings. The molecule has 0 saturated carbocycles. The Balaban J connectivity index is 0.990. The molecule has 0 bridgehead atoms. The van der Waals surface area contributed by atoms with E-state index >= 15 is 0 Å². The molecule has 0 N–H and O–H groups in total. The van der Waals surface area contributed by atoms with Gasteiger partial charge in [0.1, 0.15) is 0 Å². The van der Waals surface area contributed by atoms with Crippen molar-refractivity contribution in [2.24, 2.45) is 0 Å². The van der Waals surface area contributed by atoms with Crippen LogP contribution >= 0.6 is 0 Å². The van der Waals surface area contributed by atoms with Gasteiger partial charge in [0.2, 0.25) is 0 Å². The van der Waals surface area contributed by atoms with Crippen LogP contribution in [0.3, 0.4) is 0 Å². The molecular weight excluding hydrogens is 939 g/mol. The Hall–Kier alpha value is -10.4. The molecule has 16 rings (SSSR count). The fraction of sp³-hybridized carbons (Fsp3) is 0.0143. The van der Waals surface area contributed by atoms with Crippen LogP contribution in [0.25, 0.3) is 144 Å². The summed E-state index contributed by atoms with van der Waals surface area (Å²) in [6.07, 6.45) is 0. The van der Waals surface area contributed by atoms with Crippen molar-refractivity contribution in [2.45, 2.75) is 6.92 Å². The third-order valence-electron chi connectivity index (χ3n) is 15.7. The van der Waals surface area contributed by atoms with Crippen molar-refractivity contribution in [3.8, 4) is 56.9 Å². The van der Waals surface area contributed by atoms with Crippen LogP contribution in [-0.2, 0) is 0 Å². The summed E-state index contributed by atoms with van der Waals surface area (Å²) in [5.41, 5.74) is 17.7. The Labute approximate surface area is 442 Å². The van der Waals surface area contributed by atoms with Gasteiger partial charge in [-0.15, -0.1) is 0 Å². The first kappa shape index (κ1) is 43.1. The van der Waals surface area contributed by atoms with E-state index in [1.165, 1.54) is 54.4 Å². The maximum absolute atomic E-state index is 5.28. The molecule has 7 nitrogen and oxygen atoms in total. The fourth-order valence-electron chi connectivity index (χ4n) is 12.5. The highest BCUT2D eigenvalue weighted by Crippen LogP contribution is 2.47. The van der Waals surface area contributed by atoms with Crippen molar-refractivity contribution in [3.05, 3.63) is 260 Å². The van der Waals surface area contributed by atoms with Crippen LogP contribution in [0.1, 0.15) is 5.56 Å². The first-order chi connectivity index (χ1) is 38.2. The predicted octanol–water partition coefficient (Wildman–Crippen LogP) is 17.6. The number of para-hydroxylation sites is 5. The Morgan fingerprint density at radius 1 is 0.260 bits per heavy atom. The largest absolute Gasteiger partial charge is 0.309 e. The van der Waals surface area contributed by atoms with Crippen LogP contribution in [0.15, 0.2) is 255 Å². The van der Waals surface area contributed by atoms with Gasteiger partial charge in [-0.2, -0.15) is 0 Å². The van der Waals surface area contributed by atoms with E-state index in [1.54, 1.807) is 0 Å². The zero-order valence-electron chi connectivity index (χ0n) is 41.9. The van der Waals surface area contributed by atoms with Gasteiger partial charge in [0.25, 0.3) is 0 Å². The molecule has 0 spiro atoms. The Bertz CT molecular complexity index is 4960. The summed E-state index contributed by atoms with van der Waals surface area (Å²) in [6.45, 7) is 2.28. The number of aryl methyl sites for hydroxylation is 1. The average molecular weight is 984 g/mol. The van der Waals surface area contributed by atoms with E-state index < -0.39 is 0 Å². The number of rotatable bonds is 7. The smallest absolute Gasteiger partial charge is 0.164 e. The second kappa shape index (κ2) is 16.8. The molecular formula is C70H45N7. The van der Waals surface area contributed by atoms with Gasteiger partial charge in [-0.3, -0.25) is 0 Å². The first-order valence-corrected chi connectivity index (χ1v) is 26.2. The summed E-state index contributed by atoms with van der Waals surface area (Å²) >= 11 is 0. The SMILES string of the molecule is Cc1cc2c(c3ccccc3n2-c2ccccc2)c2c1c1cc(-n3c4ccccc4c4c3ccc3c5c(-c6nc(-c7ccccc7)nc(-c7ccccc7)n6)cccc5n(-c5ccccc5)c34)ccc1n2-c1ccccc1. The molecule has 0 aliphatic carbocycles. The van der Waals surface area contributed by atoms with E-state index in [0.29, 0.717) is 17.5 Å².